The van der Waals surface area contributed by atoms with E-state index < -0.39 is 0 Å². The first-order valence-electron chi connectivity index (χ1n) is 7.96. The van der Waals surface area contributed by atoms with Gasteiger partial charge in [0.05, 0.1) is 14.2 Å². The number of piperidine rings is 1. The van der Waals surface area contributed by atoms with Crippen LogP contribution in [0.25, 0.3) is 0 Å². The molecule has 1 aromatic heterocycles. The number of rotatable bonds is 4. The van der Waals surface area contributed by atoms with Crippen LogP contribution in [0.15, 0.2) is 24.4 Å². The van der Waals surface area contributed by atoms with Gasteiger partial charge in [-0.3, -0.25) is 0 Å². The summed E-state index contributed by atoms with van der Waals surface area (Å²) in [6, 6.07) is 5.94. The zero-order valence-corrected chi connectivity index (χ0v) is 14.0. The molecule has 0 unspecified atom stereocenters. The van der Waals surface area contributed by atoms with Crippen LogP contribution in [0, 0.1) is 0 Å². The number of nitrogen functional groups attached to an aromatic ring is 2. The van der Waals surface area contributed by atoms with E-state index in [0.29, 0.717) is 11.7 Å². The summed E-state index contributed by atoms with van der Waals surface area (Å²) >= 11 is 0. The molecule has 0 bridgehead atoms. The Morgan fingerprint density at radius 2 is 1.67 bits per heavy atom. The van der Waals surface area contributed by atoms with Gasteiger partial charge in [-0.15, -0.1) is 0 Å². The molecule has 0 spiro atoms. The first-order chi connectivity index (χ1) is 11.6. The van der Waals surface area contributed by atoms with Crippen LogP contribution in [-0.4, -0.2) is 37.3 Å². The maximum absolute atomic E-state index is 6.00. The van der Waals surface area contributed by atoms with Crippen LogP contribution >= 0.6 is 0 Å². The molecule has 128 valence electrons. The lowest BCUT2D eigenvalue weighted by molar-refractivity contribution is 0.394. The quantitative estimate of drug-likeness (QED) is 0.885. The molecule has 1 aliphatic rings. The lowest BCUT2D eigenvalue weighted by atomic mass is 9.90. The largest absolute Gasteiger partial charge is 0.497 e. The molecule has 0 atom stereocenters. The van der Waals surface area contributed by atoms with E-state index >= 15 is 0 Å². The Balaban J connectivity index is 1.73. The predicted octanol–water partition coefficient (Wildman–Crippen LogP) is 2.04. The summed E-state index contributed by atoms with van der Waals surface area (Å²) in [7, 11) is 3.32. The average Bonchev–Trinajstić information content (AvgIpc) is 2.61. The molecule has 7 nitrogen and oxygen atoms in total. The zero-order chi connectivity index (χ0) is 17.1. The van der Waals surface area contributed by atoms with Crippen molar-refractivity contribution in [2.45, 2.75) is 18.8 Å². The Labute approximate surface area is 141 Å². The summed E-state index contributed by atoms with van der Waals surface area (Å²) in [5.41, 5.74) is 13.7. The molecule has 0 saturated carbocycles. The summed E-state index contributed by atoms with van der Waals surface area (Å²) in [5.74, 6) is 2.65. The summed E-state index contributed by atoms with van der Waals surface area (Å²) in [6.45, 7) is 1.84. The van der Waals surface area contributed by atoms with Crippen LogP contribution < -0.4 is 25.8 Å². The normalized spacial score (nSPS) is 15.3. The van der Waals surface area contributed by atoms with E-state index in [0.717, 1.165) is 48.7 Å². The third-order valence-electron chi connectivity index (χ3n) is 4.50. The molecule has 0 radical (unpaired) electrons. The third kappa shape index (κ3) is 3.29. The number of hydrogen-bond acceptors (Lipinski definition) is 7. The first kappa shape index (κ1) is 16.2. The van der Waals surface area contributed by atoms with Crippen molar-refractivity contribution in [1.29, 1.82) is 0 Å². The summed E-state index contributed by atoms with van der Waals surface area (Å²) < 4.78 is 10.7. The van der Waals surface area contributed by atoms with E-state index in [1.807, 2.05) is 18.2 Å². The lowest BCUT2D eigenvalue weighted by Gasteiger charge is -2.34. The van der Waals surface area contributed by atoms with E-state index in [2.05, 4.69) is 14.9 Å². The molecular weight excluding hydrogens is 306 g/mol. The molecule has 24 heavy (non-hydrogen) atoms. The van der Waals surface area contributed by atoms with Crippen LogP contribution in [0.3, 0.4) is 0 Å². The number of aromatic nitrogens is 2. The van der Waals surface area contributed by atoms with Crippen molar-refractivity contribution in [3.05, 3.63) is 30.0 Å². The van der Waals surface area contributed by atoms with Crippen molar-refractivity contribution in [3.8, 4) is 11.5 Å². The van der Waals surface area contributed by atoms with Crippen LogP contribution in [0.5, 0.6) is 11.5 Å². The van der Waals surface area contributed by atoms with Crippen LogP contribution in [-0.2, 0) is 0 Å². The highest BCUT2D eigenvalue weighted by atomic mass is 16.5. The van der Waals surface area contributed by atoms with Gasteiger partial charge in [0.2, 0.25) is 5.95 Å². The number of methoxy groups -OCH3 is 2. The van der Waals surface area contributed by atoms with Gasteiger partial charge in [-0.25, -0.2) is 4.98 Å². The van der Waals surface area contributed by atoms with E-state index in [9.17, 15) is 0 Å². The van der Waals surface area contributed by atoms with Crippen LogP contribution in [0.2, 0.25) is 0 Å². The Bertz CT molecular complexity index is 692. The molecule has 3 rings (SSSR count). The Morgan fingerprint density at radius 3 is 2.21 bits per heavy atom. The fourth-order valence-corrected chi connectivity index (χ4v) is 3.16. The number of hydrogen-bond donors (Lipinski definition) is 2. The van der Waals surface area contributed by atoms with Crippen molar-refractivity contribution in [1.82, 2.24) is 9.97 Å². The highest BCUT2D eigenvalue weighted by molar-refractivity contribution is 5.56. The van der Waals surface area contributed by atoms with Gasteiger partial charge in [0.25, 0.3) is 0 Å². The molecule has 7 heteroatoms. The number of benzene rings is 1. The SMILES string of the molecule is COc1cc(OC)cc(N2CCC(c3cnc(N)nc3N)CC2)c1. The monoisotopic (exact) mass is 329 g/mol. The first-order valence-corrected chi connectivity index (χ1v) is 7.96. The second-order valence-corrected chi connectivity index (χ2v) is 5.90. The number of anilines is 3. The molecule has 0 amide bonds. The molecule has 1 aromatic carbocycles. The van der Waals surface area contributed by atoms with Gasteiger partial charge in [0.1, 0.15) is 17.3 Å². The molecule has 1 fully saturated rings. The van der Waals surface area contributed by atoms with E-state index in [1.54, 1.807) is 20.4 Å². The van der Waals surface area contributed by atoms with Gasteiger partial charge >= 0.3 is 0 Å². The summed E-state index contributed by atoms with van der Waals surface area (Å²) in [5, 5.41) is 0. The van der Waals surface area contributed by atoms with E-state index in [-0.39, 0.29) is 5.95 Å². The second kappa shape index (κ2) is 6.82. The zero-order valence-electron chi connectivity index (χ0n) is 14.0. The molecule has 2 heterocycles. The lowest BCUT2D eigenvalue weighted by Crippen LogP contribution is -2.33. The van der Waals surface area contributed by atoms with Crippen molar-refractivity contribution >= 4 is 17.5 Å². The number of nitrogens with two attached hydrogens (primary N) is 2. The third-order valence-corrected chi connectivity index (χ3v) is 4.50. The highest BCUT2D eigenvalue weighted by Crippen LogP contribution is 2.35. The molecular formula is C17H23N5O2. The topological polar surface area (TPSA) is 99.5 Å². The van der Waals surface area contributed by atoms with Gasteiger partial charge in [0, 0.05) is 48.7 Å². The van der Waals surface area contributed by atoms with E-state index in [4.69, 9.17) is 20.9 Å². The number of nitrogens with zero attached hydrogens (tertiary/aromatic N) is 3. The maximum atomic E-state index is 6.00. The van der Waals surface area contributed by atoms with E-state index in [1.165, 1.54) is 0 Å². The standard InChI is InChI=1S/C17H23N5O2/c1-23-13-7-12(8-14(9-13)24-2)22-5-3-11(4-6-22)15-10-20-17(19)21-16(15)18/h7-11H,3-6H2,1-2H3,(H4,18,19,20,21). The number of ether oxygens (including phenoxy) is 2. The van der Waals surface area contributed by atoms with Gasteiger partial charge in [-0.05, 0) is 18.8 Å². The Kier molecular flexibility index (Phi) is 4.59. The fraction of sp³-hybridized carbons (Fsp3) is 0.412. The van der Waals surface area contributed by atoms with Gasteiger partial charge in [-0.1, -0.05) is 0 Å². The van der Waals surface area contributed by atoms with Crippen molar-refractivity contribution < 1.29 is 9.47 Å². The maximum Gasteiger partial charge on any atom is 0.221 e. The minimum atomic E-state index is 0.220. The average molecular weight is 329 g/mol. The van der Waals surface area contributed by atoms with Gasteiger partial charge < -0.3 is 25.8 Å². The van der Waals surface area contributed by atoms with Crippen LogP contribution in [0.1, 0.15) is 24.3 Å². The summed E-state index contributed by atoms with van der Waals surface area (Å²) in [4.78, 5) is 10.5. The van der Waals surface area contributed by atoms with Crippen LogP contribution in [0.4, 0.5) is 17.5 Å². The smallest absolute Gasteiger partial charge is 0.221 e. The minimum absolute atomic E-state index is 0.220. The Hall–Kier alpha value is -2.70. The van der Waals surface area contributed by atoms with Gasteiger partial charge in [0.15, 0.2) is 0 Å². The molecule has 1 saturated heterocycles. The molecule has 4 N–H and O–H groups in total. The summed E-state index contributed by atoms with van der Waals surface area (Å²) in [6.07, 6.45) is 3.72. The molecule has 2 aromatic rings. The van der Waals surface area contributed by atoms with Crippen molar-refractivity contribution in [2.75, 3.05) is 43.7 Å². The fourth-order valence-electron chi connectivity index (χ4n) is 3.16. The predicted molar refractivity (Wildman–Crippen MR) is 94.6 cm³/mol. The minimum Gasteiger partial charge on any atom is -0.497 e. The second-order valence-electron chi connectivity index (χ2n) is 5.90. The Morgan fingerprint density at radius 1 is 1.04 bits per heavy atom. The van der Waals surface area contributed by atoms with Crippen molar-refractivity contribution in [3.63, 3.8) is 0 Å². The molecule has 1 aliphatic heterocycles. The molecule has 0 aliphatic carbocycles. The highest BCUT2D eigenvalue weighted by Gasteiger charge is 2.24. The van der Waals surface area contributed by atoms with Crippen molar-refractivity contribution in [2.24, 2.45) is 0 Å². The van der Waals surface area contributed by atoms with Gasteiger partial charge in [-0.2, -0.15) is 4.98 Å².